The number of rotatable bonds is 2. The maximum Gasteiger partial charge on any atom is 0.276 e. The Morgan fingerprint density at radius 2 is 2.45 bits per heavy atom. The highest BCUT2D eigenvalue weighted by atomic mass is 16.6. The summed E-state index contributed by atoms with van der Waals surface area (Å²) in [6.45, 7) is 0. The fraction of sp³-hybridized carbons (Fsp3) is 0. The van der Waals surface area contributed by atoms with Crippen molar-refractivity contribution in [3.8, 4) is 5.88 Å². The van der Waals surface area contributed by atoms with Crippen LogP contribution >= 0.6 is 0 Å². The van der Waals surface area contributed by atoms with Crippen LogP contribution in [-0.4, -0.2) is 9.91 Å². The van der Waals surface area contributed by atoms with Crippen molar-refractivity contribution in [1.29, 1.82) is 0 Å². The van der Waals surface area contributed by atoms with Gasteiger partial charge in [0, 0.05) is 12.3 Å². The van der Waals surface area contributed by atoms with Gasteiger partial charge in [-0.05, 0) is 0 Å². The molecule has 0 fully saturated rings. The van der Waals surface area contributed by atoms with Crippen LogP contribution in [0.5, 0.6) is 5.88 Å². The largest absolute Gasteiger partial charge is 0.391 e. The summed E-state index contributed by atoms with van der Waals surface area (Å²) < 4.78 is 0. The lowest BCUT2D eigenvalue weighted by Gasteiger charge is -1.94. The van der Waals surface area contributed by atoms with E-state index in [1.807, 2.05) is 0 Å². The van der Waals surface area contributed by atoms with Gasteiger partial charge in [-0.1, -0.05) is 0 Å². The highest BCUT2D eigenvalue weighted by molar-refractivity contribution is 5.32. The number of pyridine rings is 1. The second-order valence-corrected chi connectivity index (χ2v) is 1.73. The van der Waals surface area contributed by atoms with E-state index in [0.29, 0.717) is 0 Å². The van der Waals surface area contributed by atoms with E-state index in [1.165, 1.54) is 12.3 Å². The third-order valence-corrected chi connectivity index (χ3v) is 1.05. The first-order chi connectivity index (χ1) is 5.24. The Labute approximate surface area is 61.7 Å². The first kappa shape index (κ1) is 7.42. The first-order valence-electron chi connectivity index (χ1n) is 2.71. The number of nitrogens with two attached hydrogens (primary N) is 1. The number of nitro groups is 1. The Hall–Kier alpha value is -1.69. The molecule has 0 aromatic carbocycles. The molecular formula is C5H5N3O3. The molecule has 11 heavy (non-hydrogen) atoms. The zero-order chi connectivity index (χ0) is 8.27. The maximum absolute atomic E-state index is 10.2. The minimum atomic E-state index is -0.551. The molecule has 0 aliphatic heterocycles. The van der Waals surface area contributed by atoms with E-state index >= 15 is 0 Å². The van der Waals surface area contributed by atoms with Gasteiger partial charge in [0.15, 0.2) is 0 Å². The monoisotopic (exact) mass is 155 g/mol. The third kappa shape index (κ3) is 1.62. The molecule has 0 saturated heterocycles. The fourth-order valence-corrected chi connectivity index (χ4v) is 0.577. The van der Waals surface area contributed by atoms with Crippen molar-refractivity contribution < 1.29 is 9.76 Å². The second-order valence-electron chi connectivity index (χ2n) is 1.73. The summed E-state index contributed by atoms with van der Waals surface area (Å²) in [6, 6.07) is 2.39. The first-order valence-corrected chi connectivity index (χ1v) is 2.71. The summed E-state index contributed by atoms with van der Waals surface area (Å²) in [5.74, 6) is 4.76. The van der Waals surface area contributed by atoms with Crippen LogP contribution in [0, 0.1) is 10.1 Å². The van der Waals surface area contributed by atoms with Gasteiger partial charge < -0.3 is 4.84 Å². The van der Waals surface area contributed by atoms with Crippen LogP contribution in [0.15, 0.2) is 18.3 Å². The molecule has 0 unspecified atom stereocenters. The number of hydrogen-bond acceptors (Lipinski definition) is 5. The Morgan fingerprint density at radius 3 is 3.00 bits per heavy atom. The van der Waals surface area contributed by atoms with Crippen molar-refractivity contribution >= 4 is 5.69 Å². The van der Waals surface area contributed by atoms with E-state index in [2.05, 4.69) is 9.82 Å². The molecule has 1 rings (SSSR count). The smallest absolute Gasteiger partial charge is 0.276 e. The fourth-order valence-electron chi connectivity index (χ4n) is 0.577. The minimum Gasteiger partial charge on any atom is -0.391 e. The van der Waals surface area contributed by atoms with Crippen molar-refractivity contribution in [1.82, 2.24) is 4.98 Å². The highest BCUT2D eigenvalue weighted by Gasteiger charge is 2.05. The van der Waals surface area contributed by atoms with Crippen molar-refractivity contribution in [3.05, 3.63) is 28.4 Å². The molecule has 0 atom stereocenters. The topological polar surface area (TPSA) is 91.3 Å². The van der Waals surface area contributed by atoms with Gasteiger partial charge in [0.25, 0.3) is 5.69 Å². The molecule has 0 spiro atoms. The molecule has 6 heteroatoms. The van der Waals surface area contributed by atoms with Gasteiger partial charge in [0.2, 0.25) is 5.88 Å². The van der Waals surface area contributed by atoms with Crippen molar-refractivity contribution in [3.63, 3.8) is 0 Å². The molecule has 6 nitrogen and oxygen atoms in total. The van der Waals surface area contributed by atoms with E-state index in [1.54, 1.807) is 0 Å². The van der Waals surface area contributed by atoms with Crippen LogP contribution in [0.2, 0.25) is 0 Å². The summed E-state index contributed by atoms with van der Waals surface area (Å²) in [7, 11) is 0. The second kappa shape index (κ2) is 2.93. The quantitative estimate of drug-likeness (QED) is 0.488. The van der Waals surface area contributed by atoms with E-state index < -0.39 is 4.92 Å². The Balaban J connectivity index is 3.01. The average Bonchev–Trinajstić information content (AvgIpc) is 2.05. The predicted molar refractivity (Wildman–Crippen MR) is 35.7 cm³/mol. The molecular weight excluding hydrogens is 150 g/mol. The van der Waals surface area contributed by atoms with Crippen LogP contribution in [0.4, 0.5) is 5.69 Å². The lowest BCUT2D eigenvalue weighted by atomic mass is 10.4. The SMILES string of the molecule is NOc1cc([N+](=O)[O-])ccn1. The molecule has 1 heterocycles. The summed E-state index contributed by atoms with van der Waals surface area (Å²) >= 11 is 0. The standard InChI is InChI=1S/C5H5N3O3/c6-11-5-3-4(8(9)10)1-2-7-5/h1-3H,6H2. The van der Waals surface area contributed by atoms with Crippen LogP contribution in [-0.2, 0) is 0 Å². The maximum atomic E-state index is 10.2. The van der Waals surface area contributed by atoms with Gasteiger partial charge >= 0.3 is 0 Å². The lowest BCUT2D eigenvalue weighted by molar-refractivity contribution is -0.385. The van der Waals surface area contributed by atoms with Gasteiger partial charge in [-0.25, -0.2) is 4.98 Å². The number of nitrogens with zero attached hydrogens (tertiary/aromatic N) is 2. The number of aromatic nitrogens is 1. The van der Waals surface area contributed by atoms with Gasteiger partial charge in [-0.15, -0.1) is 0 Å². The molecule has 0 radical (unpaired) electrons. The van der Waals surface area contributed by atoms with E-state index in [0.717, 1.165) is 6.07 Å². The molecule has 0 aliphatic carbocycles. The lowest BCUT2D eigenvalue weighted by Crippen LogP contribution is -2.03. The minimum absolute atomic E-state index is 0.0270. The highest BCUT2D eigenvalue weighted by Crippen LogP contribution is 2.14. The summed E-state index contributed by atoms with van der Waals surface area (Å²) in [5, 5.41) is 10.2. The summed E-state index contributed by atoms with van der Waals surface area (Å²) in [6.07, 6.45) is 1.25. The van der Waals surface area contributed by atoms with Gasteiger partial charge in [-0.3, -0.25) is 10.1 Å². The van der Waals surface area contributed by atoms with Crippen LogP contribution in [0.3, 0.4) is 0 Å². The molecule has 0 aliphatic rings. The Bertz CT molecular complexity index is 275. The molecule has 58 valence electrons. The predicted octanol–water partition coefficient (Wildman–Crippen LogP) is 0.242. The summed E-state index contributed by atoms with van der Waals surface area (Å²) in [5.41, 5.74) is -0.0968. The normalized spacial score (nSPS) is 9.18. The van der Waals surface area contributed by atoms with Crippen LogP contribution in [0.1, 0.15) is 0 Å². The molecule has 2 N–H and O–H groups in total. The van der Waals surface area contributed by atoms with Crippen molar-refractivity contribution in [2.45, 2.75) is 0 Å². The Kier molecular flexibility index (Phi) is 1.98. The van der Waals surface area contributed by atoms with Crippen LogP contribution in [0.25, 0.3) is 0 Å². The average molecular weight is 155 g/mol. The van der Waals surface area contributed by atoms with Gasteiger partial charge in [0.1, 0.15) is 0 Å². The van der Waals surface area contributed by atoms with Gasteiger partial charge in [0.05, 0.1) is 11.0 Å². The molecule has 0 saturated carbocycles. The Morgan fingerprint density at radius 1 is 1.73 bits per heavy atom. The third-order valence-electron chi connectivity index (χ3n) is 1.05. The zero-order valence-electron chi connectivity index (χ0n) is 5.43. The van der Waals surface area contributed by atoms with E-state index in [4.69, 9.17) is 5.90 Å². The molecule has 0 amide bonds. The van der Waals surface area contributed by atoms with Gasteiger partial charge in [-0.2, -0.15) is 5.90 Å². The zero-order valence-corrected chi connectivity index (χ0v) is 5.43. The molecule has 0 bridgehead atoms. The van der Waals surface area contributed by atoms with E-state index in [9.17, 15) is 10.1 Å². The molecule has 1 aromatic heterocycles. The number of hydrogen-bond donors (Lipinski definition) is 1. The van der Waals surface area contributed by atoms with Crippen LogP contribution < -0.4 is 10.7 Å². The molecule has 1 aromatic rings. The van der Waals surface area contributed by atoms with E-state index in [-0.39, 0.29) is 11.6 Å². The van der Waals surface area contributed by atoms with Crippen molar-refractivity contribution in [2.75, 3.05) is 0 Å². The van der Waals surface area contributed by atoms with Crippen molar-refractivity contribution in [2.24, 2.45) is 5.90 Å². The summed E-state index contributed by atoms with van der Waals surface area (Å²) in [4.78, 5) is 17.4.